The second-order valence-corrected chi connectivity index (χ2v) is 10.9. The third-order valence-corrected chi connectivity index (χ3v) is 8.29. The van der Waals surface area contributed by atoms with Crippen LogP contribution in [0.2, 0.25) is 0 Å². The minimum Gasteiger partial charge on any atom is -0.465 e. The third-order valence-electron chi connectivity index (χ3n) is 5.39. The number of anilines is 1. The van der Waals surface area contributed by atoms with Gasteiger partial charge in [-0.3, -0.25) is 9.10 Å². The lowest BCUT2D eigenvalue weighted by Crippen LogP contribution is -2.36. The van der Waals surface area contributed by atoms with Crippen LogP contribution >= 0.6 is 11.3 Å². The first kappa shape index (κ1) is 24.4. The molecule has 0 aliphatic carbocycles. The third kappa shape index (κ3) is 5.96. The summed E-state index contributed by atoms with van der Waals surface area (Å²) in [4.78, 5) is 25.2. The summed E-state index contributed by atoms with van der Waals surface area (Å²) in [6, 6.07) is 9.98. The van der Waals surface area contributed by atoms with Crippen molar-refractivity contribution in [3.63, 3.8) is 0 Å². The summed E-state index contributed by atoms with van der Waals surface area (Å²) >= 11 is 1.29. The van der Waals surface area contributed by atoms with Gasteiger partial charge in [0.25, 0.3) is 0 Å². The first-order chi connectivity index (χ1) is 15.4. The van der Waals surface area contributed by atoms with Crippen LogP contribution < -0.4 is 4.31 Å². The maximum Gasteiger partial charge on any atom is 0.348 e. The molecule has 1 aromatic carbocycles. The first-order valence-corrected chi connectivity index (χ1v) is 13.2. The molecule has 174 valence electrons. The SMILES string of the molecule is CCCCCC(=O)c1ccc(N2C(COCc3ccc(C(=O)OC)s3)CCS2(=O)=O)cc1. The zero-order valence-corrected chi connectivity index (χ0v) is 20.0. The minimum absolute atomic E-state index is 0.0597. The largest absolute Gasteiger partial charge is 0.465 e. The van der Waals surface area contributed by atoms with Crippen molar-refractivity contribution in [1.82, 2.24) is 0 Å². The molecule has 1 atom stereocenters. The van der Waals surface area contributed by atoms with Gasteiger partial charge in [0.05, 0.1) is 37.8 Å². The van der Waals surface area contributed by atoms with Crippen molar-refractivity contribution in [1.29, 1.82) is 0 Å². The molecule has 2 heterocycles. The highest BCUT2D eigenvalue weighted by Gasteiger charge is 2.37. The number of carbonyl (C=O) groups is 2. The van der Waals surface area contributed by atoms with Crippen LogP contribution in [0.15, 0.2) is 36.4 Å². The number of carbonyl (C=O) groups excluding carboxylic acids is 2. The Morgan fingerprint density at radius 1 is 1.12 bits per heavy atom. The Hall–Kier alpha value is -2.23. The van der Waals surface area contributed by atoms with Crippen LogP contribution in [0.3, 0.4) is 0 Å². The predicted molar refractivity (Wildman–Crippen MR) is 125 cm³/mol. The van der Waals surface area contributed by atoms with E-state index < -0.39 is 10.0 Å². The number of thiophene rings is 1. The molecule has 0 bridgehead atoms. The van der Waals surface area contributed by atoms with Gasteiger partial charge in [-0.05, 0) is 49.2 Å². The summed E-state index contributed by atoms with van der Waals surface area (Å²) in [6.45, 7) is 2.62. The molecule has 7 nitrogen and oxygen atoms in total. The number of Topliss-reactive ketones (excluding diaryl/α,β-unsaturated/α-hetero) is 1. The lowest BCUT2D eigenvalue weighted by atomic mass is 10.0. The van der Waals surface area contributed by atoms with E-state index in [0.29, 0.717) is 29.0 Å². The zero-order chi connectivity index (χ0) is 23.1. The van der Waals surface area contributed by atoms with Gasteiger partial charge in [0.1, 0.15) is 4.88 Å². The molecule has 32 heavy (non-hydrogen) atoms. The zero-order valence-electron chi connectivity index (χ0n) is 18.4. The highest BCUT2D eigenvalue weighted by molar-refractivity contribution is 7.93. The van der Waals surface area contributed by atoms with Crippen LogP contribution in [0, 0.1) is 0 Å². The Morgan fingerprint density at radius 3 is 2.56 bits per heavy atom. The second kappa shape index (κ2) is 11.1. The summed E-state index contributed by atoms with van der Waals surface area (Å²) in [5, 5.41) is 0. The molecule has 1 aliphatic heterocycles. The van der Waals surface area contributed by atoms with E-state index in [2.05, 4.69) is 6.92 Å². The summed E-state index contributed by atoms with van der Waals surface area (Å²) in [6.07, 6.45) is 3.92. The fourth-order valence-corrected chi connectivity index (χ4v) is 6.38. The molecule has 0 radical (unpaired) electrons. The number of hydrogen-bond donors (Lipinski definition) is 0. The molecule has 1 aromatic heterocycles. The van der Waals surface area contributed by atoms with Crippen LogP contribution in [-0.2, 0) is 26.1 Å². The Labute approximate surface area is 193 Å². The normalized spacial score (nSPS) is 17.4. The van der Waals surface area contributed by atoms with Gasteiger partial charge < -0.3 is 9.47 Å². The lowest BCUT2D eigenvalue weighted by Gasteiger charge is -2.25. The molecule has 2 aromatic rings. The fourth-order valence-electron chi connectivity index (χ4n) is 3.69. The summed E-state index contributed by atoms with van der Waals surface area (Å²) in [7, 11) is -2.10. The lowest BCUT2D eigenvalue weighted by molar-refractivity contribution is 0.0606. The molecule has 1 aliphatic rings. The molecular formula is C23H29NO6S2. The van der Waals surface area contributed by atoms with E-state index in [0.717, 1.165) is 24.1 Å². The Kier molecular flexibility index (Phi) is 8.44. The molecular weight excluding hydrogens is 450 g/mol. The minimum atomic E-state index is -3.44. The van der Waals surface area contributed by atoms with Gasteiger partial charge in [-0.2, -0.15) is 0 Å². The average molecular weight is 480 g/mol. The maximum absolute atomic E-state index is 12.7. The molecule has 3 rings (SSSR count). The number of methoxy groups -OCH3 is 1. The van der Waals surface area contributed by atoms with Crippen molar-refractivity contribution in [3.05, 3.63) is 51.7 Å². The van der Waals surface area contributed by atoms with Crippen molar-refractivity contribution < 1.29 is 27.5 Å². The van der Waals surface area contributed by atoms with E-state index in [-0.39, 0.29) is 36.8 Å². The van der Waals surface area contributed by atoms with E-state index in [9.17, 15) is 18.0 Å². The van der Waals surface area contributed by atoms with E-state index >= 15 is 0 Å². The molecule has 1 fully saturated rings. The van der Waals surface area contributed by atoms with Crippen molar-refractivity contribution in [2.24, 2.45) is 0 Å². The van der Waals surface area contributed by atoms with E-state index in [1.807, 2.05) is 0 Å². The molecule has 1 saturated heterocycles. The highest BCUT2D eigenvalue weighted by Crippen LogP contribution is 2.30. The van der Waals surface area contributed by atoms with Crippen LogP contribution in [0.5, 0.6) is 0 Å². The van der Waals surface area contributed by atoms with Gasteiger partial charge in [-0.15, -0.1) is 11.3 Å². The van der Waals surface area contributed by atoms with Crippen LogP contribution in [0.25, 0.3) is 0 Å². The van der Waals surface area contributed by atoms with Gasteiger partial charge >= 0.3 is 5.97 Å². The van der Waals surface area contributed by atoms with Gasteiger partial charge in [0.15, 0.2) is 5.78 Å². The number of rotatable bonds is 11. The van der Waals surface area contributed by atoms with Gasteiger partial charge in [-0.1, -0.05) is 19.8 Å². The second-order valence-electron chi connectivity index (χ2n) is 7.75. The number of unbranched alkanes of at least 4 members (excludes halogenated alkanes) is 2. The standard InChI is InChI=1S/C23H29NO6S2/c1-3-4-5-6-21(25)17-7-9-18(10-8-17)24-19(13-14-32(24,27)28)15-30-16-20-11-12-22(31-20)23(26)29-2/h7-12,19H,3-6,13-16H2,1-2H3. The number of ketones is 1. The quantitative estimate of drug-likeness (QED) is 0.269. The van der Waals surface area contributed by atoms with Gasteiger partial charge in [-0.25, -0.2) is 13.2 Å². The molecule has 9 heteroatoms. The Balaban J connectivity index is 1.62. The summed E-state index contributed by atoms with van der Waals surface area (Å²) in [5.41, 5.74) is 1.15. The van der Waals surface area contributed by atoms with Crippen molar-refractivity contribution >= 4 is 38.8 Å². The molecule has 0 saturated carbocycles. The molecule has 0 N–H and O–H groups in total. The highest BCUT2D eigenvalue weighted by atomic mass is 32.2. The van der Waals surface area contributed by atoms with E-state index in [1.165, 1.54) is 22.8 Å². The van der Waals surface area contributed by atoms with Crippen molar-refractivity contribution in [3.8, 4) is 0 Å². The number of hydrogen-bond acceptors (Lipinski definition) is 7. The van der Waals surface area contributed by atoms with Crippen molar-refractivity contribution in [2.75, 3.05) is 23.8 Å². The number of benzene rings is 1. The van der Waals surface area contributed by atoms with Crippen LogP contribution in [0.1, 0.15) is 63.9 Å². The predicted octanol–water partition coefficient (Wildman–Crippen LogP) is 4.42. The molecule has 0 spiro atoms. The topological polar surface area (TPSA) is 90.0 Å². The molecule has 1 unspecified atom stereocenters. The maximum atomic E-state index is 12.7. The van der Waals surface area contributed by atoms with Crippen LogP contribution in [-0.4, -0.2) is 45.7 Å². The first-order valence-electron chi connectivity index (χ1n) is 10.8. The van der Waals surface area contributed by atoms with E-state index in [4.69, 9.17) is 9.47 Å². The average Bonchev–Trinajstić information content (AvgIpc) is 3.37. The Bertz CT molecular complexity index is 1030. The number of ether oxygens (including phenoxy) is 2. The van der Waals surface area contributed by atoms with E-state index in [1.54, 1.807) is 36.4 Å². The van der Waals surface area contributed by atoms with Crippen molar-refractivity contribution in [2.45, 2.75) is 51.7 Å². The number of nitrogens with zero attached hydrogens (tertiary/aromatic N) is 1. The number of esters is 1. The molecule has 0 amide bonds. The fraction of sp³-hybridized carbons (Fsp3) is 0.478. The smallest absolute Gasteiger partial charge is 0.348 e. The Morgan fingerprint density at radius 2 is 1.88 bits per heavy atom. The monoisotopic (exact) mass is 479 g/mol. The summed E-state index contributed by atoms with van der Waals surface area (Å²) < 4.78 is 37.2. The number of sulfonamides is 1. The van der Waals surface area contributed by atoms with Gasteiger partial charge in [0, 0.05) is 16.9 Å². The van der Waals surface area contributed by atoms with Gasteiger partial charge in [0.2, 0.25) is 10.0 Å². The van der Waals surface area contributed by atoms with Crippen LogP contribution in [0.4, 0.5) is 5.69 Å². The summed E-state index contributed by atoms with van der Waals surface area (Å²) in [5.74, 6) is -0.248.